The van der Waals surface area contributed by atoms with Gasteiger partial charge in [-0.1, -0.05) is 0 Å². The highest BCUT2D eigenvalue weighted by Gasteiger charge is 2.43. The first-order chi connectivity index (χ1) is 18.5. The zero-order valence-electron chi connectivity index (χ0n) is 21.7. The van der Waals surface area contributed by atoms with Crippen LogP contribution in [0.1, 0.15) is 75.7 Å². The van der Waals surface area contributed by atoms with E-state index in [1.54, 1.807) is 4.90 Å². The second kappa shape index (κ2) is 11.4. The molecule has 3 aliphatic rings. The number of rotatable bonds is 3. The van der Waals surface area contributed by atoms with Crippen molar-refractivity contribution in [2.45, 2.75) is 64.1 Å². The van der Waals surface area contributed by atoms with Crippen LogP contribution < -0.4 is 15.4 Å². The summed E-state index contributed by atoms with van der Waals surface area (Å²) in [6.45, 7) is 5.39. The number of anilines is 1. The SMILES string of the molecule is CCNC(=O)Nc1sc2c(c1C)CCCC2=O.O=CN1CCC2(CC1)CC(=O)c1cc(C(F)(F)F)ccc1O2. The van der Waals surface area contributed by atoms with Crippen molar-refractivity contribution in [2.24, 2.45) is 0 Å². The van der Waals surface area contributed by atoms with Crippen molar-refractivity contribution in [1.29, 1.82) is 0 Å². The van der Waals surface area contributed by atoms with Crippen molar-refractivity contribution in [3.05, 3.63) is 45.3 Å². The molecule has 210 valence electrons. The number of piperidine rings is 1. The second-order valence-corrected chi connectivity index (χ2v) is 10.9. The molecule has 0 saturated carbocycles. The number of nitrogens with zero attached hydrogens (tertiary/aromatic N) is 1. The number of ketones is 2. The van der Waals surface area contributed by atoms with Crippen LogP contribution in [0.25, 0.3) is 0 Å². The van der Waals surface area contributed by atoms with Gasteiger partial charge in [-0.3, -0.25) is 19.7 Å². The molecule has 3 heterocycles. The van der Waals surface area contributed by atoms with Crippen molar-refractivity contribution < 1.29 is 37.1 Å². The fourth-order valence-corrected chi connectivity index (χ4v) is 6.24. The third-order valence-corrected chi connectivity index (χ3v) is 8.49. The van der Waals surface area contributed by atoms with Gasteiger partial charge in [-0.05, 0) is 56.0 Å². The monoisotopic (exact) mass is 565 g/mol. The number of amides is 3. The molecule has 5 rings (SSSR count). The maximum absolute atomic E-state index is 12.7. The molecule has 3 amide bonds. The number of hydrogen-bond acceptors (Lipinski definition) is 6. The lowest BCUT2D eigenvalue weighted by Crippen LogP contribution is -2.50. The number of halogens is 3. The van der Waals surface area contributed by atoms with Crippen LogP contribution in [0.5, 0.6) is 5.75 Å². The van der Waals surface area contributed by atoms with Gasteiger partial charge in [0.2, 0.25) is 6.41 Å². The van der Waals surface area contributed by atoms with E-state index in [1.807, 2.05) is 13.8 Å². The van der Waals surface area contributed by atoms with E-state index in [0.717, 1.165) is 52.4 Å². The number of fused-ring (bicyclic) bond motifs is 2. The number of urea groups is 1. The van der Waals surface area contributed by atoms with Crippen molar-refractivity contribution in [2.75, 3.05) is 25.0 Å². The first kappa shape index (κ1) is 28.6. The molecule has 0 atom stereocenters. The van der Waals surface area contributed by atoms with Crippen molar-refractivity contribution in [3.8, 4) is 5.75 Å². The summed E-state index contributed by atoms with van der Waals surface area (Å²) in [5.74, 6) is 0.0685. The quantitative estimate of drug-likeness (QED) is 0.487. The highest BCUT2D eigenvalue weighted by atomic mass is 32.1. The maximum atomic E-state index is 12.7. The number of carbonyl (C=O) groups is 4. The van der Waals surface area contributed by atoms with Crippen LogP contribution in [0.2, 0.25) is 0 Å². The number of carbonyl (C=O) groups excluding carboxylic acids is 4. The van der Waals surface area contributed by atoms with E-state index >= 15 is 0 Å². The highest BCUT2D eigenvalue weighted by molar-refractivity contribution is 7.18. The largest absolute Gasteiger partial charge is 0.486 e. The van der Waals surface area contributed by atoms with Gasteiger partial charge in [-0.15, -0.1) is 11.3 Å². The topological polar surface area (TPSA) is 105 Å². The number of Topliss-reactive ketones (excluding diaryl/α,β-unsaturated/α-hetero) is 2. The molecule has 2 aliphatic heterocycles. The Balaban J connectivity index is 0.000000187. The highest BCUT2D eigenvalue weighted by Crippen LogP contribution is 2.41. The molecule has 1 aromatic carbocycles. The molecular formula is C27H30F3N3O5S. The van der Waals surface area contributed by atoms with Crippen molar-refractivity contribution in [1.82, 2.24) is 10.2 Å². The summed E-state index contributed by atoms with van der Waals surface area (Å²) >= 11 is 1.40. The summed E-state index contributed by atoms with van der Waals surface area (Å²) in [6, 6.07) is 2.78. The molecule has 1 aliphatic carbocycles. The molecule has 39 heavy (non-hydrogen) atoms. The maximum Gasteiger partial charge on any atom is 0.416 e. The Hall–Kier alpha value is -3.41. The summed E-state index contributed by atoms with van der Waals surface area (Å²) in [4.78, 5) is 48.6. The van der Waals surface area contributed by atoms with Crippen LogP contribution in [0.4, 0.5) is 23.0 Å². The minimum atomic E-state index is -4.49. The van der Waals surface area contributed by atoms with E-state index in [-0.39, 0.29) is 35.3 Å². The smallest absolute Gasteiger partial charge is 0.416 e. The van der Waals surface area contributed by atoms with Crippen LogP contribution in [-0.4, -0.2) is 54.1 Å². The molecule has 0 bridgehead atoms. The lowest BCUT2D eigenvalue weighted by Gasteiger charge is -2.43. The Morgan fingerprint density at radius 1 is 1.18 bits per heavy atom. The Morgan fingerprint density at radius 3 is 2.51 bits per heavy atom. The number of likely N-dealkylation sites (tertiary alicyclic amines) is 1. The van der Waals surface area contributed by atoms with Crippen LogP contribution in [0.3, 0.4) is 0 Å². The van der Waals surface area contributed by atoms with E-state index in [1.165, 1.54) is 17.4 Å². The normalized spacial score (nSPS) is 17.8. The molecule has 12 heteroatoms. The predicted octanol–water partition coefficient (Wildman–Crippen LogP) is 5.38. The standard InChI is InChI=1S/C15H14F3NO3.C12H16N2O2S/c16-15(17,18)10-1-2-13-11(7-10)12(21)8-14(22-13)3-5-19(9-20)6-4-14;1-3-13-12(16)14-11-7(2)8-5-4-6-9(15)10(8)17-11/h1-2,7,9H,3-6,8H2;3-6H2,1-2H3,(H2,13,14,16). The average molecular weight is 566 g/mol. The first-order valence-corrected chi connectivity index (χ1v) is 13.6. The molecule has 1 aromatic heterocycles. The number of ether oxygens (including phenoxy) is 1. The third-order valence-electron chi connectivity index (χ3n) is 7.19. The molecule has 1 saturated heterocycles. The van der Waals surface area contributed by atoms with Crippen LogP contribution in [0.15, 0.2) is 18.2 Å². The fourth-order valence-electron chi connectivity index (χ4n) is 5.03. The average Bonchev–Trinajstić information content (AvgIpc) is 3.20. The third kappa shape index (κ3) is 6.26. The number of hydrogen-bond donors (Lipinski definition) is 2. The van der Waals surface area contributed by atoms with Gasteiger partial charge in [-0.2, -0.15) is 13.2 Å². The fraction of sp³-hybridized carbons (Fsp3) is 0.481. The van der Waals surface area contributed by atoms with Gasteiger partial charge in [0.25, 0.3) is 0 Å². The second-order valence-electron chi connectivity index (χ2n) is 9.86. The number of alkyl halides is 3. The summed E-state index contributed by atoms with van der Waals surface area (Å²) in [5, 5.41) is 6.29. The lowest BCUT2D eigenvalue weighted by atomic mass is 9.82. The van der Waals surface area contributed by atoms with Gasteiger partial charge < -0.3 is 15.0 Å². The number of thiophene rings is 1. The zero-order valence-corrected chi connectivity index (χ0v) is 22.5. The Bertz CT molecular complexity index is 1280. The number of nitrogens with one attached hydrogen (secondary N) is 2. The lowest BCUT2D eigenvalue weighted by molar-refractivity contribution is -0.137. The van der Waals surface area contributed by atoms with Crippen LogP contribution in [0, 0.1) is 6.92 Å². The minimum absolute atomic E-state index is 0.0155. The molecule has 8 nitrogen and oxygen atoms in total. The summed E-state index contributed by atoms with van der Waals surface area (Å²) in [6.07, 6.45) is -0.192. The Morgan fingerprint density at radius 2 is 1.90 bits per heavy atom. The van der Waals surface area contributed by atoms with Crippen LogP contribution in [-0.2, 0) is 17.4 Å². The van der Waals surface area contributed by atoms with Gasteiger partial charge in [0.15, 0.2) is 11.6 Å². The van der Waals surface area contributed by atoms with Gasteiger partial charge >= 0.3 is 12.2 Å². The Labute approximate surface area is 227 Å². The molecule has 1 spiro atoms. The zero-order chi connectivity index (χ0) is 28.4. The van der Waals surface area contributed by atoms with E-state index in [2.05, 4.69) is 10.6 Å². The molecule has 1 fully saturated rings. The van der Waals surface area contributed by atoms with E-state index in [9.17, 15) is 32.3 Å². The summed E-state index contributed by atoms with van der Waals surface area (Å²) < 4.78 is 44.0. The minimum Gasteiger partial charge on any atom is -0.486 e. The van der Waals surface area contributed by atoms with Crippen LogP contribution >= 0.6 is 11.3 Å². The van der Waals surface area contributed by atoms with E-state index < -0.39 is 17.3 Å². The van der Waals surface area contributed by atoms with Gasteiger partial charge in [-0.25, -0.2) is 4.79 Å². The van der Waals surface area contributed by atoms with Gasteiger partial charge in [0.1, 0.15) is 16.4 Å². The predicted molar refractivity (Wildman–Crippen MR) is 140 cm³/mol. The molecule has 2 aromatic rings. The molecule has 0 radical (unpaired) electrons. The van der Waals surface area contributed by atoms with Gasteiger partial charge in [0, 0.05) is 38.9 Å². The van der Waals surface area contributed by atoms with Crippen molar-refractivity contribution in [3.63, 3.8) is 0 Å². The molecule has 0 unspecified atom stereocenters. The van der Waals surface area contributed by atoms with E-state index in [0.29, 0.717) is 38.9 Å². The molecular weight excluding hydrogens is 535 g/mol. The van der Waals surface area contributed by atoms with Crippen molar-refractivity contribution >= 4 is 40.3 Å². The number of benzene rings is 1. The summed E-state index contributed by atoms with van der Waals surface area (Å²) in [5.41, 5.74) is 0.596. The first-order valence-electron chi connectivity index (χ1n) is 12.8. The molecule has 2 N–H and O–H groups in total. The Kier molecular flexibility index (Phi) is 8.34. The van der Waals surface area contributed by atoms with E-state index in [4.69, 9.17) is 4.74 Å². The summed E-state index contributed by atoms with van der Waals surface area (Å²) in [7, 11) is 0. The van der Waals surface area contributed by atoms with Gasteiger partial charge in [0.05, 0.1) is 22.4 Å².